The molecule has 3 rings (SSSR count). The van der Waals surface area contributed by atoms with Crippen molar-refractivity contribution in [3.05, 3.63) is 77.1 Å². The Kier molecular flexibility index (Phi) is 7.22. The molecule has 0 atom stereocenters. The first-order valence-corrected chi connectivity index (χ1v) is 9.71. The normalized spacial score (nSPS) is 11.3. The molecule has 0 aliphatic rings. The van der Waals surface area contributed by atoms with Gasteiger partial charge in [0, 0.05) is 18.3 Å². The number of guanidine groups is 1. The Bertz CT molecular complexity index is 918. The standard InChI is InChI=1S/C22H27N5O2/c1-4-23-22(26-14-20-27-16(2)17(3)29-20)25-13-19-11-8-12-24-21(19)28-15-18-9-6-5-7-10-18/h5-12H,4,13-15H2,1-3H3,(H2,23,25,26). The number of hydrogen-bond acceptors (Lipinski definition) is 5. The number of aromatic nitrogens is 2. The molecule has 1 aromatic carbocycles. The van der Waals surface area contributed by atoms with Crippen molar-refractivity contribution in [1.82, 2.24) is 20.6 Å². The predicted octanol–water partition coefficient (Wildman–Crippen LogP) is 3.52. The molecule has 0 bridgehead atoms. The molecule has 2 N–H and O–H groups in total. The van der Waals surface area contributed by atoms with E-state index in [-0.39, 0.29) is 0 Å². The monoisotopic (exact) mass is 393 g/mol. The fraction of sp³-hybridized carbons (Fsp3) is 0.318. The first kappa shape index (κ1) is 20.4. The zero-order valence-corrected chi connectivity index (χ0v) is 17.1. The molecule has 0 aliphatic heterocycles. The van der Waals surface area contributed by atoms with E-state index >= 15 is 0 Å². The average Bonchev–Trinajstić information content (AvgIpc) is 3.07. The zero-order valence-electron chi connectivity index (χ0n) is 17.1. The third-order valence-electron chi connectivity index (χ3n) is 4.30. The number of aliphatic imine (C=N–C) groups is 1. The molecule has 152 valence electrons. The number of nitrogens with zero attached hydrogens (tertiary/aromatic N) is 3. The smallest absolute Gasteiger partial charge is 0.218 e. The molecule has 0 spiro atoms. The van der Waals surface area contributed by atoms with Crippen LogP contribution in [0.5, 0.6) is 5.88 Å². The van der Waals surface area contributed by atoms with Crippen LogP contribution in [-0.4, -0.2) is 22.5 Å². The van der Waals surface area contributed by atoms with Gasteiger partial charge >= 0.3 is 0 Å². The van der Waals surface area contributed by atoms with Gasteiger partial charge in [-0.15, -0.1) is 0 Å². The topological polar surface area (TPSA) is 84.6 Å². The first-order chi connectivity index (χ1) is 14.2. The van der Waals surface area contributed by atoms with Gasteiger partial charge in [-0.3, -0.25) is 0 Å². The summed E-state index contributed by atoms with van der Waals surface area (Å²) in [5.74, 6) is 2.74. The number of oxazole rings is 1. The highest BCUT2D eigenvalue weighted by Gasteiger charge is 2.08. The van der Waals surface area contributed by atoms with Gasteiger partial charge in [-0.05, 0) is 32.4 Å². The van der Waals surface area contributed by atoms with Crippen molar-refractivity contribution in [2.24, 2.45) is 4.99 Å². The van der Waals surface area contributed by atoms with Crippen LogP contribution in [0.2, 0.25) is 0 Å². The number of rotatable bonds is 8. The van der Waals surface area contributed by atoms with E-state index < -0.39 is 0 Å². The maximum atomic E-state index is 5.91. The summed E-state index contributed by atoms with van der Waals surface area (Å²) in [5.41, 5.74) is 2.92. The largest absolute Gasteiger partial charge is 0.473 e. The van der Waals surface area contributed by atoms with Gasteiger partial charge in [-0.25, -0.2) is 15.0 Å². The van der Waals surface area contributed by atoms with E-state index in [9.17, 15) is 0 Å². The minimum absolute atomic E-state index is 0.441. The molecular formula is C22H27N5O2. The summed E-state index contributed by atoms with van der Waals surface area (Å²) in [4.78, 5) is 13.4. The molecule has 0 unspecified atom stereocenters. The quantitative estimate of drug-likeness (QED) is 0.450. The summed E-state index contributed by atoms with van der Waals surface area (Å²) in [7, 11) is 0. The lowest BCUT2D eigenvalue weighted by atomic mass is 10.2. The SMILES string of the molecule is CCNC(=NCc1cccnc1OCc1ccccc1)NCc1nc(C)c(C)o1. The maximum Gasteiger partial charge on any atom is 0.218 e. The molecule has 0 fully saturated rings. The van der Waals surface area contributed by atoms with Crippen LogP contribution in [0.25, 0.3) is 0 Å². The highest BCUT2D eigenvalue weighted by molar-refractivity contribution is 5.79. The van der Waals surface area contributed by atoms with E-state index in [1.54, 1.807) is 6.20 Å². The fourth-order valence-electron chi connectivity index (χ4n) is 2.68. The van der Waals surface area contributed by atoms with Gasteiger partial charge in [0.05, 0.1) is 18.8 Å². The van der Waals surface area contributed by atoms with Gasteiger partial charge < -0.3 is 19.8 Å². The third-order valence-corrected chi connectivity index (χ3v) is 4.30. The van der Waals surface area contributed by atoms with Crippen molar-refractivity contribution in [2.75, 3.05) is 6.54 Å². The van der Waals surface area contributed by atoms with Gasteiger partial charge in [0.1, 0.15) is 12.4 Å². The molecule has 29 heavy (non-hydrogen) atoms. The number of benzene rings is 1. The zero-order chi connectivity index (χ0) is 20.5. The Labute approximate surface area is 171 Å². The summed E-state index contributed by atoms with van der Waals surface area (Å²) in [6.07, 6.45) is 1.73. The van der Waals surface area contributed by atoms with Crippen molar-refractivity contribution in [3.63, 3.8) is 0 Å². The number of nitrogens with one attached hydrogen (secondary N) is 2. The third kappa shape index (κ3) is 6.07. The molecule has 2 heterocycles. The molecule has 3 aromatic rings. The molecule has 0 radical (unpaired) electrons. The van der Waals surface area contributed by atoms with E-state index in [0.717, 1.165) is 29.1 Å². The van der Waals surface area contributed by atoms with E-state index in [4.69, 9.17) is 9.15 Å². The van der Waals surface area contributed by atoms with Gasteiger partial charge in [0.15, 0.2) is 5.96 Å². The molecule has 0 aliphatic carbocycles. The second-order valence-electron chi connectivity index (χ2n) is 6.54. The van der Waals surface area contributed by atoms with Crippen LogP contribution in [0, 0.1) is 13.8 Å². The molecule has 0 saturated carbocycles. The minimum Gasteiger partial charge on any atom is -0.473 e. The molecule has 7 heteroatoms. The van der Waals surface area contributed by atoms with Crippen LogP contribution in [0.15, 0.2) is 58.1 Å². The second-order valence-corrected chi connectivity index (χ2v) is 6.54. The lowest BCUT2D eigenvalue weighted by Gasteiger charge is -2.11. The number of hydrogen-bond donors (Lipinski definition) is 2. The summed E-state index contributed by atoms with van der Waals surface area (Å²) >= 11 is 0. The molecule has 7 nitrogen and oxygen atoms in total. The molecule has 0 saturated heterocycles. The number of pyridine rings is 1. The average molecular weight is 393 g/mol. The van der Waals surface area contributed by atoms with Gasteiger partial charge in [-0.1, -0.05) is 36.4 Å². The Morgan fingerprint density at radius 1 is 1.10 bits per heavy atom. The lowest BCUT2D eigenvalue weighted by Crippen LogP contribution is -2.36. The Hall–Kier alpha value is -3.35. The Balaban J connectivity index is 1.63. The number of ether oxygens (including phenoxy) is 1. The van der Waals surface area contributed by atoms with Gasteiger partial charge in [0.25, 0.3) is 0 Å². The fourth-order valence-corrected chi connectivity index (χ4v) is 2.68. The van der Waals surface area contributed by atoms with Crippen molar-refractivity contribution in [3.8, 4) is 5.88 Å². The van der Waals surface area contributed by atoms with E-state index in [1.165, 1.54) is 0 Å². The van der Waals surface area contributed by atoms with E-state index in [0.29, 0.717) is 37.4 Å². The molecular weight excluding hydrogens is 366 g/mol. The first-order valence-electron chi connectivity index (χ1n) is 9.71. The van der Waals surface area contributed by atoms with E-state index in [1.807, 2.05) is 63.2 Å². The van der Waals surface area contributed by atoms with Crippen LogP contribution in [0.3, 0.4) is 0 Å². The van der Waals surface area contributed by atoms with Gasteiger partial charge in [-0.2, -0.15) is 0 Å². The second kappa shape index (κ2) is 10.3. The summed E-state index contributed by atoms with van der Waals surface area (Å²) < 4.78 is 11.5. The Morgan fingerprint density at radius 2 is 1.93 bits per heavy atom. The van der Waals surface area contributed by atoms with Crippen molar-refractivity contribution < 1.29 is 9.15 Å². The Morgan fingerprint density at radius 3 is 2.66 bits per heavy atom. The summed E-state index contributed by atoms with van der Waals surface area (Å²) in [5, 5.41) is 6.48. The highest BCUT2D eigenvalue weighted by atomic mass is 16.5. The van der Waals surface area contributed by atoms with Gasteiger partial charge in [0.2, 0.25) is 11.8 Å². The predicted molar refractivity (Wildman–Crippen MR) is 113 cm³/mol. The van der Waals surface area contributed by atoms with Crippen LogP contribution in [0.1, 0.15) is 35.4 Å². The van der Waals surface area contributed by atoms with Crippen molar-refractivity contribution in [1.29, 1.82) is 0 Å². The number of aryl methyl sites for hydroxylation is 2. The van der Waals surface area contributed by atoms with Crippen molar-refractivity contribution >= 4 is 5.96 Å². The summed E-state index contributed by atoms with van der Waals surface area (Å²) in [6.45, 7) is 7.98. The minimum atomic E-state index is 0.441. The lowest BCUT2D eigenvalue weighted by molar-refractivity contribution is 0.290. The highest BCUT2D eigenvalue weighted by Crippen LogP contribution is 2.17. The summed E-state index contributed by atoms with van der Waals surface area (Å²) in [6, 6.07) is 13.9. The van der Waals surface area contributed by atoms with Crippen LogP contribution < -0.4 is 15.4 Å². The molecule has 2 aromatic heterocycles. The molecule has 0 amide bonds. The van der Waals surface area contributed by atoms with Crippen LogP contribution in [-0.2, 0) is 19.7 Å². The van der Waals surface area contributed by atoms with Crippen LogP contribution >= 0.6 is 0 Å². The van der Waals surface area contributed by atoms with Crippen LogP contribution in [0.4, 0.5) is 0 Å². The van der Waals surface area contributed by atoms with E-state index in [2.05, 4.69) is 25.6 Å². The maximum absolute atomic E-state index is 5.91. The van der Waals surface area contributed by atoms with Crippen molar-refractivity contribution in [2.45, 2.75) is 40.5 Å².